The highest BCUT2D eigenvalue weighted by atomic mass is 32.2. The van der Waals surface area contributed by atoms with Crippen molar-refractivity contribution in [3.8, 4) is 0 Å². The molecule has 6 heteroatoms. The van der Waals surface area contributed by atoms with Crippen LogP contribution in [-0.4, -0.2) is 58.4 Å². The predicted octanol–water partition coefficient (Wildman–Crippen LogP) is -0.280. The summed E-state index contributed by atoms with van der Waals surface area (Å²) in [6.07, 6.45) is 0.688. The first-order valence-corrected chi connectivity index (χ1v) is 7.40. The van der Waals surface area contributed by atoms with E-state index in [9.17, 15) is 9.00 Å². The third-order valence-electron chi connectivity index (χ3n) is 2.84. The van der Waals surface area contributed by atoms with Crippen molar-refractivity contribution in [2.45, 2.75) is 31.6 Å². The first kappa shape index (κ1) is 14.6. The summed E-state index contributed by atoms with van der Waals surface area (Å²) >= 11 is 0. The van der Waals surface area contributed by atoms with E-state index in [4.69, 9.17) is 10.5 Å². The van der Waals surface area contributed by atoms with Crippen molar-refractivity contribution in [1.82, 2.24) is 4.90 Å². The van der Waals surface area contributed by atoms with E-state index in [1.165, 1.54) is 0 Å². The fourth-order valence-electron chi connectivity index (χ4n) is 1.63. The Kier molecular flexibility index (Phi) is 6.08. The van der Waals surface area contributed by atoms with Crippen LogP contribution in [0.15, 0.2) is 0 Å². The van der Waals surface area contributed by atoms with Gasteiger partial charge in [0.05, 0.1) is 13.2 Å². The molecule has 1 fully saturated rings. The molecule has 100 valence electrons. The average Bonchev–Trinajstić information content (AvgIpc) is 2.35. The Morgan fingerprint density at radius 2 is 2.00 bits per heavy atom. The van der Waals surface area contributed by atoms with Crippen LogP contribution >= 0.6 is 0 Å². The second-order valence-corrected chi connectivity index (χ2v) is 6.31. The van der Waals surface area contributed by atoms with E-state index >= 15 is 0 Å². The fourth-order valence-corrected chi connectivity index (χ4v) is 2.96. The van der Waals surface area contributed by atoms with Crippen LogP contribution in [-0.2, 0) is 20.3 Å². The average molecular weight is 262 g/mol. The second kappa shape index (κ2) is 7.08. The van der Waals surface area contributed by atoms with Crippen molar-refractivity contribution >= 4 is 16.7 Å². The van der Waals surface area contributed by atoms with Gasteiger partial charge in [0.25, 0.3) is 0 Å². The summed E-state index contributed by atoms with van der Waals surface area (Å²) in [5.74, 6) is 0.464. The van der Waals surface area contributed by atoms with Crippen LogP contribution in [0.4, 0.5) is 0 Å². The molecule has 1 amide bonds. The highest BCUT2D eigenvalue weighted by molar-refractivity contribution is 7.86. The van der Waals surface area contributed by atoms with Gasteiger partial charge in [0.15, 0.2) is 0 Å². The first-order valence-electron chi connectivity index (χ1n) is 6.01. The molecule has 0 radical (unpaired) electrons. The fraction of sp³-hybridized carbons (Fsp3) is 0.909. The van der Waals surface area contributed by atoms with Crippen molar-refractivity contribution in [1.29, 1.82) is 0 Å². The van der Waals surface area contributed by atoms with Crippen LogP contribution in [0.5, 0.6) is 0 Å². The summed E-state index contributed by atoms with van der Waals surface area (Å²) in [5, 5.41) is -0.438. The standard InChI is InChI=1S/C11H22N2O3S/c1-9(12)3-8-17(15)10(2)11(14)13-4-6-16-7-5-13/h9-10H,3-8,12H2,1-2H3. The number of amides is 1. The molecule has 0 aliphatic carbocycles. The van der Waals surface area contributed by atoms with E-state index in [1.807, 2.05) is 6.92 Å². The molecule has 5 nitrogen and oxygen atoms in total. The van der Waals surface area contributed by atoms with Gasteiger partial charge >= 0.3 is 0 Å². The van der Waals surface area contributed by atoms with E-state index in [1.54, 1.807) is 11.8 Å². The summed E-state index contributed by atoms with van der Waals surface area (Å²) < 4.78 is 17.1. The van der Waals surface area contributed by atoms with Gasteiger partial charge in [-0.1, -0.05) is 0 Å². The third kappa shape index (κ3) is 4.73. The van der Waals surface area contributed by atoms with Crippen LogP contribution in [0.2, 0.25) is 0 Å². The number of carbonyl (C=O) groups excluding carboxylic acids is 1. The van der Waals surface area contributed by atoms with E-state index in [-0.39, 0.29) is 11.9 Å². The van der Waals surface area contributed by atoms with Gasteiger partial charge in [0, 0.05) is 35.7 Å². The second-order valence-electron chi connectivity index (χ2n) is 4.43. The lowest BCUT2D eigenvalue weighted by Gasteiger charge is -2.29. The maximum atomic E-state index is 12.0. The van der Waals surface area contributed by atoms with Gasteiger partial charge in [-0.3, -0.25) is 9.00 Å². The van der Waals surface area contributed by atoms with Gasteiger partial charge < -0.3 is 15.4 Å². The zero-order valence-corrected chi connectivity index (χ0v) is 11.4. The third-order valence-corrected chi connectivity index (χ3v) is 4.47. The largest absolute Gasteiger partial charge is 0.378 e. The molecule has 2 N–H and O–H groups in total. The van der Waals surface area contributed by atoms with Gasteiger partial charge in [-0.15, -0.1) is 0 Å². The molecule has 17 heavy (non-hydrogen) atoms. The molecule has 3 unspecified atom stereocenters. The van der Waals surface area contributed by atoms with Crippen LogP contribution in [0.25, 0.3) is 0 Å². The smallest absolute Gasteiger partial charge is 0.238 e. The summed E-state index contributed by atoms with van der Waals surface area (Å²) in [5.41, 5.74) is 5.61. The lowest BCUT2D eigenvalue weighted by atomic mass is 10.3. The van der Waals surface area contributed by atoms with Gasteiger partial charge in [-0.2, -0.15) is 0 Å². The lowest BCUT2D eigenvalue weighted by Crippen LogP contribution is -2.46. The van der Waals surface area contributed by atoms with Crippen molar-refractivity contribution < 1.29 is 13.7 Å². The SMILES string of the molecule is CC(N)CCS(=O)C(C)C(=O)N1CCOCC1. The Labute approximate surface area is 105 Å². The maximum absolute atomic E-state index is 12.0. The summed E-state index contributed by atoms with van der Waals surface area (Å²) in [7, 11) is -1.13. The molecule has 1 aliphatic heterocycles. The van der Waals surface area contributed by atoms with Gasteiger partial charge in [0.1, 0.15) is 5.25 Å². The van der Waals surface area contributed by atoms with Crippen molar-refractivity contribution in [3.63, 3.8) is 0 Å². The van der Waals surface area contributed by atoms with E-state index in [2.05, 4.69) is 0 Å². The zero-order valence-electron chi connectivity index (χ0n) is 10.6. The molecule has 1 heterocycles. The molecule has 0 bridgehead atoms. The van der Waals surface area contributed by atoms with Crippen LogP contribution in [0.1, 0.15) is 20.3 Å². The highest BCUT2D eigenvalue weighted by Gasteiger charge is 2.26. The predicted molar refractivity (Wildman–Crippen MR) is 68.1 cm³/mol. The molecule has 1 rings (SSSR count). The summed E-state index contributed by atoms with van der Waals surface area (Å²) in [4.78, 5) is 13.8. The number of ether oxygens (including phenoxy) is 1. The lowest BCUT2D eigenvalue weighted by molar-refractivity contribution is -0.134. The number of nitrogens with two attached hydrogens (primary N) is 1. The number of hydrogen-bond acceptors (Lipinski definition) is 4. The van der Waals surface area contributed by atoms with Crippen molar-refractivity contribution in [2.75, 3.05) is 32.1 Å². The quantitative estimate of drug-likeness (QED) is 0.739. The van der Waals surface area contributed by atoms with E-state index in [0.29, 0.717) is 38.5 Å². The van der Waals surface area contributed by atoms with Crippen molar-refractivity contribution in [3.05, 3.63) is 0 Å². The molecule has 0 aromatic heterocycles. The topological polar surface area (TPSA) is 72.6 Å². The molecular weight excluding hydrogens is 240 g/mol. The van der Waals surface area contributed by atoms with Crippen LogP contribution < -0.4 is 5.73 Å². The van der Waals surface area contributed by atoms with Gasteiger partial charge in [-0.25, -0.2) is 0 Å². The normalized spacial score (nSPS) is 21.9. The number of morpholine rings is 1. The highest BCUT2D eigenvalue weighted by Crippen LogP contribution is 2.07. The molecule has 0 aromatic rings. The minimum atomic E-state index is -1.13. The zero-order chi connectivity index (χ0) is 12.8. The maximum Gasteiger partial charge on any atom is 0.238 e. The minimum Gasteiger partial charge on any atom is -0.378 e. The Balaban J connectivity index is 2.41. The molecule has 0 saturated carbocycles. The molecule has 0 spiro atoms. The number of nitrogens with zero attached hydrogens (tertiary/aromatic N) is 1. The summed E-state index contributed by atoms with van der Waals surface area (Å²) in [6.45, 7) is 5.97. The molecule has 1 saturated heterocycles. The van der Waals surface area contributed by atoms with Gasteiger partial charge in [0.2, 0.25) is 5.91 Å². The van der Waals surface area contributed by atoms with E-state index in [0.717, 1.165) is 0 Å². The van der Waals surface area contributed by atoms with Crippen LogP contribution in [0, 0.1) is 0 Å². The Morgan fingerprint density at radius 1 is 1.41 bits per heavy atom. The first-order chi connectivity index (χ1) is 8.02. The number of rotatable bonds is 5. The van der Waals surface area contributed by atoms with E-state index < -0.39 is 16.0 Å². The Morgan fingerprint density at radius 3 is 2.53 bits per heavy atom. The number of carbonyl (C=O) groups is 1. The Bertz CT molecular complexity index is 278. The minimum absolute atomic E-state index is 0.0312. The molecule has 1 aliphatic rings. The molecule has 3 atom stereocenters. The van der Waals surface area contributed by atoms with Crippen LogP contribution in [0.3, 0.4) is 0 Å². The monoisotopic (exact) mass is 262 g/mol. The number of hydrogen-bond donors (Lipinski definition) is 1. The summed E-state index contributed by atoms with van der Waals surface area (Å²) in [6, 6.07) is 0.0321. The van der Waals surface area contributed by atoms with Gasteiger partial charge in [-0.05, 0) is 20.3 Å². The van der Waals surface area contributed by atoms with Crippen molar-refractivity contribution in [2.24, 2.45) is 5.73 Å². The molecular formula is C11H22N2O3S. The molecule has 0 aromatic carbocycles. The Hall–Kier alpha value is -0.460.